The number of amides is 1. The van der Waals surface area contributed by atoms with Gasteiger partial charge in [0.25, 0.3) is 5.91 Å². The molecule has 3 N–H and O–H groups in total. The SMILES string of the molecule is CCc1cnc(CNC(=O)c2cc(N)nc(Cl)c2)s1. The average molecular weight is 297 g/mol. The Labute approximate surface area is 119 Å². The number of halogens is 1. The number of nitrogen functional groups attached to an aromatic ring is 1. The van der Waals surface area contributed by atoms with E-state index in [0.29, 0.717) is 12.1 Å². The molecule has 0 atom stereocenters. The predicted octanol–water partition coefficient (Wildman–Crippen LogP) is 2.27. The summed E-state index contributed by atoms with van der Waals surface area (Å²) in [7, 11) is 0. The monoisotopic (exact) mass is 296 g/mol. The van der Waals surface area contributed by atoms with Crippen molar-refractivity contribution < 1.29 is 4.79 Å². The van der Waals surface area contributed by atoms with Gasteiger partial charge in [-0.2, -0.15) is 0 Å². The van der Waals surface area contributed by atoms with Crippen molar-refractivity contribution in [1.29, 1.82) is 0 Å². The molecule has 2 aromatic rings. The van der Waals surface area contributed by atoms with E-state index in [1.165, 1.54) is 17.0 Å². The van der Waals surface area contributed by atoms with Crippen LogP contribution in [0.25, 0.3) is 0 Å². The van der Waals surface area contributed by atoms with Gasteiger partial charge in [-0.25, -0.2) is 9.97 Å². The molecule has 7 heteroatoms. The van der Waals surface area contributed by atoms with E-state index in [1.54, 1.807) is 11.3 Å². The van der Waals surface area contributed by atoms with Gasteiger partial charge in [0.1, 0.15) is 16.0 Å². The maximum absolute atomic E-state index is 11.9. The fourth-order valence-corrected chi connectivity index (χ4v) is 2.52. The number of hydrogen-bond donors (Lipinski definition) is 2. The molecule has 5 nitrogen and oxygen atoms in total. The van der Waals surface area contributed by atoms with E-state index < -0.39 is 0 Å². The van der Waals surface area contributed by atoms with Crippen LogP contribution >= 0.6 is 22.9 Å². The quantitative estimate of drug-likeness (QED) is 0.848. The van der Waals surface area contributed by atoms with Gasteiger partial charge < -0.3 is 11.1 Å². The number of nitrogens with one attached hydrogen (secondary N) is 1. The molecule has 0 aliphatic heterocycles. The van der Waals surface area contributed by atoms with E-state index >= 15 is 0 Å². The Balaban J connectivity index is 2.00. The highest BCUT2D eigenvalue weighted by Gasteiger charge is 2.09. The van der Waals surface area contributed by atoms with Gasteiger partial charge in [-0.1, -0.05) is 18.5 Å². The van der Waals surface area contributed by atoms with Crippen LogP contribution in [0.3, 0.4) is 0 Å². The summed E-state index contributed by atoms with van der Waals surface area (Å²) >= 11 is 7.34. The molecule has 0 saturated heterocycles. The van der Waals surface area contributed by atoms with Crippen LogP contribution in [-0.4, -0.2) is 15.9 Å². The molecule has 0 aliphatic rings. The smallest absolute Gasteiger partial charge is 0.251 e. The van der Waals surface area contributed by atoms with Crippen molar-refractivity contribution in [2.24, 2.45) is 0 Å². The number of carbonyl (C=O) groups is 1. The summed E-state index contributed by atoms with van der Waals surface area (Å²) in [6.45, 7) is 2.46. The standard InChI is InChI=1S/C12H13ClN4OS/c1-2-8-5-15-11(19-8)6-16-12(18)7-3-9(13)17-10(14)4-7/h3-5H,2,6H2,1H3,(H2,14,17)(H,16,18). The summed E-state index contributed by atoms with van der Waals surface area (Å²) in [5, 5.41) is 3.85. The third-order valence-electron chi connectivity index (χ3n) is 2.43. The van der Waals surface area contributed by atoms with Crippen LogP contribution < -0.4 is 11.1 Å². The largest absolute Gasteiger partial charge is 0.384 e. The Bertz CT molecular complexity index is 579. The Hall–Kier alpha value is -1.66. The van der Waals surface area contributed by atoms with Crippen LogP contribution in [0.15, 0.2) is 18.3 Å². The van der Waals surface area contributed by atoms with Crippen LogP contribution in [-0.2, 0) is 13.0 Å². The van der Waals surface area contributed by atoms with Gasteiger partial charge in [0.05, 0.1) is 6.54 Å². The number of rotatable bonds is 4. The number of thiazole rings is 1. The molecule has 2 aromatic heterocycles. The first-order valence-electron chi connectivity index (χ1n) is 5.73. The summed E-state index contributed by atoms with van der Waals surface area (Å²) in [4.78, 5) is 21.1. The summed E-state index contributed by atoms with van der Waals surface area (Å²) in [5.41, 5.74) is 5.93. The van der Waals surface area contributed by atoms with E-state index in [0.717, 1.165) is 11.4 Å². The Morgan fingerprint density at radius 3 is 2.95 bits per heavy atom. The minimum Gasteiger partial charge on any atom is -0.384 e. The summed E-state index contributed by atoms with van der Waals surface area (Å²) in [5.74, 6) is -0.0237. The van der Waals surface area contributed by atoms with Crippen LogP contribution in [0.1, 0.15) is 27.2 Å². The van der Waals surface area contributed by atoms with Gasteiger partial charge in [0, 0.05) is 16.6 Å². The second-order valence-electron chi connectivity index (χ2n) is 3.86. The number of hydrogen-bond acceptors (Lipinski definition) is 5. The molecule has 0 spiro atoms. The van der Waals surface area contributed by atoms with Gasteiger partial charge >= 0.3 is 0 Å². The number of nitrogens with two attached hydrogens (primary N) is 1. The zero-order chi connectivity index (χ0) is 13.8. The molecule has 0 saturated carbocycles. The number of aryl methyl sites for hydroxylation is 1. The fraction of sp³-hybridized carbons (Fsp3) is 0.250. The molecule has 2 rings (SSSR count). The van der Waals surface area contributed by atoms with Crippen molar-refractivity contribution in [1.82, 2.24) is 15.3 Å². The topological polar surface area (TPSA) is 80.9 Å². The summed E-state index contributed by atoms with van der Waals surface area (Å²) in [6, 6.07) is 2.97. The third-order valence-corrected chi connectivity index (χ3v) is 3.76. The lowest BCUT2D eigenvalue weighted by atomic mass is 10.2. The van der Waals surface area contributed by atoms with Gasteiger partial charge in [-0.3, -0.25) is 4.79 Å². The van der Waals surface area contributed by atoms with Crippen LogP contribution in [0.4, 0.5) is 5.82 Å². The Morgan fingerprint density at radius 1 is 1.53 bits per heavy atom. The number of nitrogens with zero attached hydrogens (tertiary/aromatic N) is 2. The van der Waals surface area contributed by atoms with Crippen molar-refractivity contribution >= 4 is 34.7 Å². The minimum atomic E-state index is -0.246. The predicted molar refractivity (Wildman–Crippen MR) is 76.3 cm³/mol. The lowest BCUT2D eigenvalue weighted by Gasteiger charge is -2.04. The van der Waals surface area contributed by atoms with Crippen LogP contribution in [0.2, 0.25) is 5.15 Å². The first-order chi connectivity index (χ1) is 9.08. The molecule has 0 fully saturated rings. The highest BCUT2D eigenvalue weighted by Crippen LogP contribution is 2.14. The van der Waals surface area contributed by atoms with Crippen LogP contribution in [0.5, 0.6) is 0 Å². The maximum Gasteiger partial charge on any atom is 0.251 e. The van der Waals surface area contributed by atoms with Gasteiger partial charge in [-0.05, 0) is 18.6 Å². The molecule has 19 heavy (non-hydrogen) atoms. The van der Waals surface area contributed by atoms with E-state index in [4.69, 9.17) is 17.3 Å². The second kappa shape index (κ2) is 5.99. The average Bonchev–Trinajstić information content (AvgIpc) is 2.82. The summed E-state index contributed by atoms with van der Waals surface area (Å²) in [6.07, 6.45) is 2.77. The lowest BCUT2D eigenvalue weighted by Crippen LogP contribution is -2.23. The van der Waals surface area contributed by atoms with E-state index in [2.05, 4.69) is 22.2 Å². The van der Waals surface area contributed by atoms with Gasteiger partial charge in [-0.15, -0.1) is 11.3 Å². The van der Waals surface area contributed by atoms with Crippen LogP contribution in [0, 0.1) is 0 Å². The minimum absolute atomic E-state index is 0.202. The number of aromatic nitrogens is 2. The lowest BCUT2D eigenvalue weighted by molar-refractivity contribution is 0.0951. The zero-order valence-electron chi connectivity index (χ0n) is 10.3. The van der Waals surface area contributed by atoms with Gasteiger partial charge in [0.2, 0.25) is 0 Å². The molecule has 2 heterocycles. The second-order valence-corrected chi connectivity index (χ2v) is 5.45. The van der Waals surface area contributed by atoms with Crippen molar-refractivity contribution in [2.45, 2.75) is 19.9 Å². The van der Waals surface area contributed by atoms with Crippen molar-refractivity contribution in [3.8, 4) is 0 Å². The molecule has 100 valence electrons. The first-order valence-corrected chi connectivity index (χ1v) is 6.92. The van der Waals surface area contributed by atoms with E-state index in [9.17, 15) is 4.79 Å². The molecule has 0 bridgehead atoms. The van der Waals surface area contributed by atoms with E-state index in [-0.39, 0.29) is 16.9 Å². The zero-order valence-corrected chi connectivity index (χ0v) is 11.9. The van der Waals surface area contributed by atoms with Crippen molar-refractivity contribution in [2.75, 3.05) is 5.73 Å². The Morgan fingerprint density at radius 2 is 2.32 bits per heavy atom. The highest BCUT2D eigenvalue weighted by atomic mass is 35.5. The number of carbonyl (C=O) groups excluding carboxylic acids is 1. The molecular weight excluding hydrogens is 284 g/mol. The maximum atomic E-state index is 11.9. The Kier molecular flexibility index (Phi) is 4.34. The van der Waals surface area contributed by atoms with Crippen molar-refractivity contribution in [3.63, 3.8) is 0 Å². The fourth-order valence-electron chi connectivity index (χ4n) is 1.50. The molecule has 0 unspecified atom stereocenters. The highest BCUT2D eigenvalue weighted by molar-refractivity contribution is 7.11. The number of anilines is 1. The third kappa shape index (κ3) is 3.65. The van der Waals surface area contributed by atoms with Crippen molar-refractivity contribution in [3.05, 3.63) is 38.9 Å². The first kappa shape index (κ1) is 13.8. The molecule has 0 aliphatic carbocycles. The summed E-state index contributed by atoms with van der Waals surface area (Å²) < 4.78 is 0. The molecule has 1 amide bonds. The van der Waals surface area contributed by atoms with E-state index in [1.807, 2.05) is 6.20 Å². The molecule has 0 radical (unpaired) electrons. The van der Waals surface area contributed by atoms with Gasteiger partial charge in [0.15, 0.2) is 0 Å². The molecular formula is C12H13ClN4OS. The number of pyridine rings is 1. The molecule has 0 aromatic carbocycles. The normalized spacial score (nSPS) is 10.4.